The number of fused-ring (bicyclic) bond motifs is 1. The second kappa shape index (κ2) is 9.86. The summed E-state index contributed by atoms with van der Waals surface area (Å²) in [6.07, 6.45) is 3.95. The van der Waals surface area contributed by atoms with Gasteiger partial charge in [-0.2, -0.15) is 5.10 Å². The van der Waals surface area contributed by atoms with Crippen LogP contribution in [-0.4, -0.2) is 67.3 Å². The number of piperidine rings is 1. The Morgan fingerprint density at radius 3 is 2.97 bits per heavy atom. The molecule has 1 atom stereocenters. The molecule has 0 radical (unpaired) electrons. The summed E-state index contributed by atoms with van der Waals surface area (Å²) < 4.78 is 5.96. The molecule has 12 heteroatoms. The summed E-state index contributed by atoms with van der Waals surface area (Å²) in [7, 11) is 1.91. The van der Waals surface area contributed by atoms with Crippen molar-refractivity contribution in [3.63, 3.8) is 0 Å². The fourth-order valence-electron chi connectivity index (χ4n) is 4.00. The van der Waals surface area contributed by atoms with Crippen molar-refractivity contribution in [3.8, 4) is 0 Å². The number of primary amides is 1. The second-order valence-electron chi connectivity index (χ2n) is 7.73. The summed E-state index contributed by atoms with van der Waals surface area (Å²) in [4.78, 5) is 19.8. The summed E-state index contributed by atoms with van der Waals surface area (Å²) >= 11 is 1.27. The van der Waals surface area contributed by atoms with Crippen molar-refractivity contribution >= 4 is 57.6 Å². The Balaban J connectivity index is 0.00000272. The number of nitrogens with zero attached hydrogens (tertiary/aromatic N) is 5. The average Bonchev–Trinajstić information content (AvgIpc) is 3.28. The molecule has 4 heterocycles. The minimum atomic E-state index is -0.507. The maximum Gasteiger partial charge on any atom is 0.260 e. The molecule has 0 aromatic carbocycles. The molecule has 1 fully saturated rings. The van der Waals surface area contributed by atoms with E-state index in [0.29, 0.717) is 29.7 Å². The number of ether oxygens (including phenoxy) is 1. The number of aryl methyl sites for hydroxylation is 1. The van der Waals surface area contributed by atoms with Gasteiger partial charge in [0.25, 0.3) is 5.91 Å². The van der Waals surface area contributed by atoms with Crippen LogP contribution in [0, 0.1) is 12.8 Å². The largest absolute Gasteiger partial charge is 0.397 e. The fraction of sp³-hybridized carbons (Fsp3) is 0.526. The maximum atomic E-state index is 11.8. The molecule has 31 heavy (non-hydrogen) atoms. The van der Waals surface area contributed by atoms with Crippen molar-refractivity contribution in [1.29, 1.82) is 0 Å². The number of hydrogen-bond acceptors (Lipinski definition) is 10. The lowest BCUT2D eigenvalue weighted by Gasteiger charge is -2.35. The molecule has 10 nitrogen and oxygen atoms in total. The first kappa shape index (κ1) is 23.3. The molecule has 0 aliphatic carbocycles. The van der Waals surface area contributed by atoms with E-state index in [4.69, 9.17) is 16.2 Å². The van der Waals surface area contributed by atoms with Gasteiger partial charge in [0, 0.05) is 25.8 Å². The van der Waals surface area contributed by atoms with Gasteiger partial charge in [-0.25, -0.2) is 10.5 Å². The van der Waals surface area contributed by atoms with E-state index in [1.165, 1.54) is 11.3 Å². The Morgan fingerprint density at radius 1 is 1.45 bits per heavy atom. The molecule has 0 saturated carbocycles. The molecule has 5 N–H and O–H groups in total. The number of rotatable bonds is 7. The highest BCUT2D eigenvalue weighted by Crippen LogP contribution is 2.40. The number of hydrazone groups is 1. The lowest BCUT2D eigenvalue weighted by atomic mass is 9.98. The van der Waals surface area contributed by atoms with Crippen molar-refractivity contribution in [2.24, 2.45) is 16.8 Å². The Kier molecular flexibility index (Phi) is 7.42. The molecule has 1 saturated heterocycles. The van der Waals surface area contributed by atoms with E-state index in [9.17, 15) is 4.79 Å². The Bertz CT molecular complexity index is 968. The first-order valence-corrected chi connectivity index (χ1v) is 10.9. The number of amides is 1. The van der Waals surface area contributed by atoms with Crippen molar-refractivity contribution in [3.05, 3.63) is 16.6 Å². The Hall–Kier alpha value is -2.34. The highest BCUT2D eigenvalue weighted by atomic mass is 35.5. The number of nitrogen functional groups attached to an aromatic ring is 1. The quantitative estimate of drug-likeness (QED) is 0.522. The van der Waals surface area contributed by atoms with Gasteiger partial charge in [0.15, 0.2) is 0 Å². The molecule has 0 bridgehead atoms. The van der Waals surface area contributed by atoms with Crippen molar-refractivity contribution < 1.29 is 9.53 Å². The molecule has 2 aliphatic rings. The van der Waals surface area contributed by atoms with Gasteiger partial charge in [-0.15, -0.1) is 28.9 Å². The number of pyridine rings is 1. The number of hydrazine groups is 2. The van der Waals surface area contributed by atoms with Gasteiger partial charge in [-0.3, -0.25) is 9.80 Å². The van der Waals surface area contributed by atoms with E-state index >= 15 is 0 Å². The second-order valence-corrected chi connectivity index (χ2v) is 8.73. The minimum Gasteiger partial charge on any atom is -0.397 e. The first-order valence-electron chi connectivity index (χ1n) is 10.0. The number of nitrogens with two attached hydrogens (primary N) is 2. The zero-order chi connectivity index (χ0) is 21.3. The molecule has 0 unspecified atom stereocenters. The van der Waals surface area contributed by atoms with E-state index in [1.807, 2.05) is 24.1 Å². The summed E-state index contributed by atoms with van der Waals surface area (Å²) in [5.74, 6) is -0.0752. The van der Waals surface area contributed by atoms with E-state index in [1.54, 1.807) is 6.34 Å². The van der Waals surface area contributed by atoms with E-state index in [2.05, 4.69) is 26.6 Å². The number of thiophene rings is 1. The third kappa shape index (κ3) is 4.95. The third-order valence-electron chi connectivity index (χ3n) is 5.49. The molecule has 2 aromatic rings. The van der Waals surface area contributed by atoms with E-state index in [-0.39, 0.29) is 12.4 Å². The van der Waals surface area contributed by atoms with Crippen LogP contribution in [0.25, 0.3) is 10.2 Å². The monoisotopic (exact) mass is 468 g/mol. The molecule has 4 rings (SSSR count). The zero-order valence-corrected chi connectivity index (χ0v) is 19.3. The average molecular weight is 469 g/mol. The molecular formula is C19H29ClN8O2S. The third-order valence-corrected chi connectivity index (χ3v) is 6.60. The number of anilines is 2. The van der Waals surface area contributed by atoms with Crippen LogP contribution in [0.1, 0.15) is 28.2 Å². The predicted octanol–water partition coefficient (Wildman–Crippen LogP) is 1.55. The van der Waals surface area contributed by atoms with Crippen LogP contribution in [0.15, 0.2) is 11.2 Å². The fourth-order valence-corrected chi connectivity index (χ4v) is 5.01. The highest BCUT2D eigenvalue weighted by molar-refractivity contribution is 7.21. The molecular weight excluding hydrogens is 440 g/mol. The van der Waals surface area contributed by atoms with Crippen LogP contribution in [0.3, 0.4) is 0 Å². The number of aromatic nitrogens is 1. The highest BCUT2D eigenvalue weighted by Gasteiger charge is 2.25. The van der Waals surface area contributed by atoms with Crippen molar-refractivity contribution in [2.75, 3.05) is 50.5 Å². The van der Waals surface area contributed by atoms with Gasteiger partial charge < -0.3 is 21.1 Å². The Labute approximate surface area is 191 Å². The summed E-state index contributed by atoms with van der Waals surface area (Å²) in [5, 5.41) is 8.59. The van der Waals surface area contributed by atoms with Gasteiger partial charge >= 0.3 is 0 Å². The lowest BCUT2D eigenvalue weighted by Crippen LogP contribution is -2.41. The van der Waals surface area contributed by atoms with Crippen LogP contribution in [0.4, 0.5) is 11.4 Å². The Morgan fingerprint density at radius 2 is 2.26 bits per heavy atom. The molecule has 2 aliphatic heterocycles. The normalized spacial score (nSPS) is 19.0. The van der Waals surface area contributed by atoms with Gasteiger partial charge in [0.05, 0.1) is 36.5 Å². The van der Waals surface area contributed by atoms with Gasteiger partial charge in [-0.05, 0) is 31.7 Å². The lowest BCUT2D eigenvalue weighted by molar-refractivity contribution is 0.0126. The van der Waals surface area contributed by atoms with Crippen molar-refractivity contribution in [2.45, 2.75) is 19.8 Å². The number of nitrogens with one attached hydrogen (secondary N) is 1. The van der Waals surface area contributed by atoms with Crippen molar-refractivity contribution in [1.82, 2.24) is 20.6 Å². The van der Waals surface area contributed by atoms with Crippen LogP contribution >= 0.6 is 23.7 Å². The van der Waals surface area contributed by atoms with E-state index < -0.39 is 5.91 Å². The zero-order valence-electron chi connectivity index (χ0n) is 17.7. The van der Waals surface area contributed by atoms with Crippen LogP contribution in [0.2, 0.25) is 0 Å². The minimum absolute atomic E-state index is 0. The summed E-state index contributed by atoms with van der Waals surface area (Å²) in [5.41, 5.74) is 17.0. The van der Waals surface area contributed by atoms with Gasteiger partial charge in [-0.1, -0.05) is 0 Å². The molecule has 170 valence electrons. The number of halogens is 1. The summed E-state index contributed by atoms with van der Waals surface area (Å²) in [6, 6.07) is 2.05. The van der Waals surface area contributed by atoms with Crippen LogP contribution in [0.5, 0.6) is 0 Å². The number of carbonyl (C=O) groups excluding carboxylic acids is 1. The number of carbonyl (C=O) groups is 1. The first-order chi connectivity index (χ1) is 14.4. The SMILES string of the molecule is Cc1cc(N2CCC[C@H](COCCN3C=NNN3C)C2)c2c(N)c(C(N)=O)sc2n1.Cl. The van der Waals surface area contributed by atoms with Crippen LogP contribution < -0.4 is 21.9 Å². The molecule has 1 amide bonds. The maximum absolute atomic E-state index is 11.8. The van der Waals surface area contributed by atoms with Crippen LogP contribution in [-0.2, 0) is 4.74 Å². The van der Waals surface area contributed by atoms with Gasteiger partial charge in [0.1, 0.15) is 16.0 Å². The van der Waals surface area contributed by atoms with E-state index in [0.717, 1.165) is 54.1 Å². The standard InChI is InChI=1S/C19H28N8O2S.ClH/c1-12-8-14(15-16(20)17(18(21)28)30-19(15)23-12)26-5-3-4-13(9-26)10-29-7-6-27-11-22-24-25(27)2;/h8,11,13,24H,3-7,9-10,20H2,1-2H3,(H2,21,28);1H/t13-;/m0./s1. The number of hydrogen-bond donors (Lipinski definition) is 3. The predicted molar refractivity (Wildman–Crippen MR) is 126 cm³/mol. The smallest absolute Gasteiger partial charge is 0.260 e. The topological polar surface area (TPSA) is 125 Å². The van der Waals surface area contributed by atoms with Gasteiger partial charge in [0.2, 0.25) is 0 Å². The molecule has 2 aromatic heterocycles. The summed E-state index contributed by atoms with van der Waals surface area (Å²) in [6.45, 7) is 5.86. The molecule has 0 spiro atoms.